The van der Waals surface area contributed by atoms with Gasteiger partial charge in [0.2, 0.25) is 11.9 Å². The molecule has 2 heterocycles. The van der Waals surface area contributed by atoms with Gasteiger partial charge >= 0.3 is 6.18 Å². The predicted octanol–water partition coefficient (Wildman–Crippen LogP) is 4.78. The number of nitrogens with two attached hydrogens (primary N) is 1. The Hall–Kier alpha value is -3.46. The standard InChI is InChI=1S/C23H21F3N4O2/c24-23(25,26)18-5-6-20(30-21(31)16-7-9-32-10-8-16)19(11-18)15-3-1-14(2-4-15)17-12-28-22(27)29-13-17/h1-6,11-13,16H,7-10H2,(H,30,31)(H2,27,28,29). The van der Waals surface area contributed by atoms with Crippen LogP contribution >= 0.6 is 0 Å². The van der Waals surface area contributed by atoms with Gasteiger partial charge < -0.3 is 15.8 Å². The van der Waals surface area contributed by atoms with Crippen molar-refractivity contribution < 1.29 is 22.7 Å². The zero-order valence-electron chi connectivity index (χ0n) is 17.0. The molecule has 1 amide bonds. The van der Waals surface area contributed by atoms with Gasteiger partial charge in [-0.3, -0.25) is 4.79 Å². The van der Waals surface area contributed by atoms with Crippen molar-refractivity contribution in [3.63, 3.8) is 0 Å². The van der Waals surface area contributed by atoms with Gasteiger partial charge in [-0.15, -0.1) is 0 Å². The van der Waals surface area contributed by atoms with Gasteiger partial charge in [-0.25, -0.2) is 9.97 Å². The largest absolute Gasteiger partial charge is 0.416 e. The molecular weight excluding hydrogens is 421 g/mol. The number of ether oxygens (including phenoxy) is 1. The Morgan fingerprint density at radius 2 is 1.59 bits per heavy atom. The van der Waals surface area contributed by atoms with Gasteiger partial charge in [0.15, 0.2) is 0 Å². The molecule has 1 saturated heterocycles. The number of aromatic nitrogens is 2. The molecule has 0 aliphatic carbocycles. The first-order valence-electron chi connectivity index (χ1n) is 10.1. The van der Waals surface area contributed by atoms with Crippen molar-refractivity contribution >= 4 is 17.5 Å². The SMILES string of the molecule is Nc1ncc(-c2ccc(-c3cc(C(F)(F)F)ccc3NC(=O)C3CCOCC3)cc2)cn1. The lowest BCUT2D eigenvalue weighted by molar-refractivity contribution is -0.137. The van der Waals surface area contributed by atoms with Gasteiger partial charge in [-0.1, -0.05) is 24.3 Å². The summed E-state index contributed by atoms with van der Waals surface area (Å²) in [5.41, 5.74) is 7.40. The van der Waals surface area contributed by atoms with E-state index in [-0.39, 0.29) is 17.8 Å². The van der Waals surface area contributed by atoms with Gasteiger partial charge in [0, 0.05) is 48.3 Å². The Bertz CT molecular complexity index is 1090. The smallest absolute Gasteiger partial charge is 0.381 e. The highest BCUT2D eigenvalue weighted by atomic mass is 19.4. The summed E-state index contributed by atoms with van der Waals surface area (Å²) in [4.78, 5) is 20.6. The van der Waals surface area contributed by atoms with Gasteiger partial charge in [-0.05, 0) is 42.2 Å². The molecule has 3 aromatic rings. The molecule has 1 aliphatic heterocycles. The Balaban J connectivity index is 1.67. The third kappa shape index (κ3) is 4.88. The Morgan fingerprint density at radius 1 is 0.969 bits per heavy atom. The van der Waals surface area contributed by atoms with Crippen molar-refractivity contribution in [1.29, 1.82) is 0 Å². The Morgan fingerprint density at radius 3 is 2.22 bits per heavy atom. The molecule has 1 aliphatic rings. The van der Waals surface area contributed by atoms with Crippen LogP contribution in [0.25, 0.3) is 22.3 Å². The second-order valence-corrected chi connectivity index (χ2v) is 7.54. The lowest BCUT2D eigenvalue weighted by Crippen LogP contribution is -2.28. The average molecular weight is 442 g/mol. The molecule has 0 unspecified atom stereocenters. The third-order valence-electron chi connectivity index (χ3n) is 5.40. The second-order valence-electron chi connectivity index (χ2n) is 7.54. The van der Waals surface area contributed by atoms with E-state index in [2.05, 4.69) is 15.3 Å². The molecule has 0 atom stereocenters. The minimum absolute atomic E-state index is 0.152. The van der Waals surface area contributed by atoms with Crippen LogP contribution in [0.5, 0.6) is 0 Å². The van der Waals surface area contributed by atoms with E-state index in [9.17, 15) is 18.0 Å². The molecule has 9 heteroatoms. The number of carbonyl (C=O) groups is 1. The summed E-state index contributed by atoms with van der Waals surface area (Å²) in [5, 5.41) is 2.81. The fraction of sp³-hybridized carbons (Fsp3) is 0.261. The number of halogens is 3. The molecule has 0 spiro atoms. The maximum Gasteiger partial charge on any atom is 0.416 e. The van der Waals surface area contributed by atoms with Crippen molar-refractivity contribution in [3.05, 3.63) is 60.4 Å². The molecule has 4 rings (SSSR count). The van der Waals surface area contributed by atoms with E-state index in [4.69, 9.17) is 10.5 Å². The maximum atomic E-state index is 13.4. The van der Waals surface area contributed by atoms with Crippen LogP contribution in [0, 0.1) is 5.92 Å². The molecule has 2 aromatic carbocycles. The van der Waals surface area contributed by atoms with Crippen LogP contribution in [-0.4, -0.2) is 29.1 Å². The van der Waals surface area contributed by atoms with Crippen LogP contribution in [0.1, 0.15) is 18.4 Å². The van der Waals surface area contributed by atoms with Crippen LogP contribution < -0.4 is 11.1 Å². The number of carbonyl (C=O) groups excluding carboxylic acids is 1. The summed E-state index contributed by atoms with van der Waals surface area (Å²) in [7, 11) is 0. The molecule has 3 N–H and O–H groups in total. The highest BCUT2D eigenvalue weighted by molar-refractivity contribution is 5.97. The van der Waals surface area contributed by atoms with Crippen LogP contribution in [0.4, 0.5) is 24.8 Å². The number of amides is 1. The van der Waals surface area contributed by atoms with E-state index in [0.29, 0.717) is 42.9 Å². The normalized spacial score (nSPS) is 14.8. The Kier molecular flexibility index (Phi) is 6.09. The summed E-state index contributed by atoms with van der Waals surface area (Å²) in [5.74, 6) is -0.295. The zero-order chi connectivity index (χ0) is 22.7. The molecule has 0 bridgehead atoms. The summed E-state index contributed by atoms with van der Waals surface area (Å²) < 4.78 is 45.4. The highest BCUT2D eigenvalue weighted by Crippen LogP contribution is 2.37. The molecule has 1 aromatic heterocycles. The van der Waals surface area contributed by atoms with Crippen LogP contribution in [0.15, 0.2) is 54.9 Å². The summed E-state index contributed by atoms with van der Waals surface area (Å²) in [6, 6.07) is 10.3. The summed E-state index contributed by atoms with van der Waals surface area (Å²) >= 11 is 0. The van der Waals surface area contributed by atoms with Gasteiger partial charge in [0.05, 0.1) is 5.56 Å². The monoisotopic (exact) mass is 442 g/mol. The molecule has 1 fully saturated rings. The van der Waals surface area contributed by atoms with Crippen molar-refractivity contribution in [1.82, 2.24) is 9.97 Å². The van der Waals surface area contributed by atoms with Gasteiger partial charge in [0.1, 0.15) is 0 Å². The third-order valence-corrected chi connectivity index (χ3v) is 5.40. The molecule has 32 heavy (non-hydrogen) atoms. The Labute approximate surface area is 182 Å². The van der Waals surface area contributed by atoms with E-state index >= 15 is 0 Å². The van der Waals surface area contributed by atoms with E-state index in [1.54, 1.807) is 36.7 Å². The van der Waals surface area contributed by atoms with Gasteiger partial charge in [0.25, 0.3) is 0 Å². The molecule has 0 radical (unpaired) electrons. The number of nitrogens with zero attached hydrogens (tertiary/aromatic N) is 2. The first kappa shape index (κ1) is 21.8. The fourth-order valence-corrected chi connectivity index (χ4v) is 3.59. The number of nitrogens with one attached hydrogen (secondary N) is 1. The lowest BCUT2D eigenvalue weighted by Gasteiger charge is -2.22. The van der Waals surface area contributed by atoms with E-state index in [0.717, 1.165) is 23.3 Å². The molecule has 166 valence electrons. The lowest BCUT2D eigenvalue weighted by atomic mass is 9.96. The first-order valence-corrected chi connectivity index (χ1v) is 10.1. The van der Waals surface area contributed by atoms with Crippen LogP contribution in [0.2, 0.25) is 0 Å². The van der Waals surface area contributed by atoms with Crippen LogP contribution in [0.3, 0.4) is 0 Å². The maximum absolute atomic E-state index is 13.4. The van der Waals surface area contributed by atoms with Crippen molar-refractivity contribution in [2.24, 2.45) is 5.92 Å². The number of hydrogen-bond acceptors (Lipinski definition) is 5. The molecule has 6 nitrogen and oxygen atoms in total. The van der Waals surface area contributed by atoms with Crippen LogP contribution in [-0.2, 0) is 15.7 Å². The van der Waals surface area contributed by atoms with Crippen molar-refractivity contribution in [2.75, 3.05) is 24.3 Å². The number of rotatable bonds is 4. The van der Waals surface area contributed by atoms with E-state index in [1.165, 1.54) is 6.07 Å². The van der Waals surface area contributed by atoms with E-state index in [1.807, 2.05) is 0 Å². The average Bonchev–Trinajstić information content (AvgIpc) is 2.80. The summed E-state index contributed by atoms with van der Waals surface area (Å²) in [6.45, 7) is 0.989. The number of nitrogen functional groups attached to an aromatic ring is 1. The quantitative estimate of drug-likeness (QED) is 0.607. The predicted molar refractivity (Wildman–Crippen MR) is 114 cm³/mol. The minimum atomic E-state index is -4.50. The number of benzene rings is 2. The number of anilines is 2. The number of alkyl halides is 3. The second kappa shape index (κ2) is 8.96. The fourth-order valence-electron chi connectivity index (χ4n) is 3.59. The minimum Gasteiger partial charge on any atom is -0.381 e. The molecule has 0 saturated carbocycles. The van der Waals surface area contributed by atoms with Gasteiger partial charge in [-0.2, -0.15) is 13.2 Å². The summed E-state index contributed by atoms with van der Waals surface area (Å²) in [6.07, 6.45) is -0.193. The van der Waals surface area contributed by atoms with E-state index < -0.39 is 11.7 Å². The zero-order valence-corrected chi connectivity index (χ0v) is 17.0. The highest BCUT2D eigenvalue weighted by Gasteiger charge is 2.31. The number of hydrogen-bond donors (Lipinski definition) is 2. The van der Waals surface area contributed by atoms with Crippen molar-refractivity contribution in [2.45, 2.75) is 19.0 Å². The molecular formula is C23H21F3N4O2. The van der Waals surface area contributed by atoms with Crippen molar-refractivity contribution in [3.8, 4) is 22.3 Å². The first-order chi connectivity index (χ1) is 15.3. The topological polar surface area (TPSA) is 90.1 Å².